The van der Waals surface area contributed by atoms with Gasteiger partial charge in [0.15, 0.2) is 0 Å². The number of nitrogen functional groups attached to an aromatic ring is 1. The third-order valence-corrected chi connectivity index (χ3v) is 5.10. The zero-order chi connectivity index (χ0) is 14.2. The number of fused-ring (bicyclic) bond motifs is 1. The normalized spacial score (nSPS) is 16.2. The average molecular weight is 290 g/mol. The third kappa shape index (κ3) is 2.64. The molecule has 1 aromatic carbocycles. The van der Waals surface area contributed by atoms with Crippen molar-refractivity contribution in [1.82, 2.24) is 5.32 Å². The van der Waals surface area contributed by atoms with E-state index in [1.54, 1.807) is 0 Å². The first-order valence-electron chi connectivity index (χ1n) is 6.80. The molecule has 1 amide bonds. The summed E-state index contributed by atoms with van der Waals surface area (Å²) in [7, 11) is 0. The molecule has 1 heterocycles. The molecule has 4 nitrogen and oxygen atoms in total. The number of nitrogens with one attached hydrogen (secondary N) is 1. The minimum atomic E-state index is -0.0333. The van der Waals surface area contributed by atoms with Crippen molar-refractivity contribution in [1.29, 1.82) is 0 Å². The van der Waals surface area contributed by atoms with E-state index in [0.717, 1.165) is 29.3 Å². The van der Waals surface area contributed by atoms with Gasteiger partial charge in [-0.15, -0.1) is 11.3 Å². The van der Waals surface area contributed by atoms with Gasteiger partial charge in [0.2, 0.25) is 0 Å². The van der Waals surface area contributed by atoms with Crippen LogP contribution in [-0.2, 0) is 0 Å². The van der Waals surface area contributed by atoms with E-state index in [1.807, 2.05) is 24.3 Å². The number of rotatable bonds is 5. The second kappa shape index (κ2) is 5.07. The molecule has 0 bridgehead atoms. The van der Waals surface area contributed by atoms with Crippen molar-refractivity contribution in [3.63, 3.8) is 0 Å². The number of hydrogen-bond donors (Lipinski definition) is 3. The van der Waals surface area contributed by atoms with Crippen LogP contribution in [0.25, 0.3) is 10.1 Å². The van der Waals surface area contributed by atoms with Gasteiger partial charge in [0.25, 0.3) is 5.91 Å². The van der Waals surface area contributed by atoms with Crippen molar-refractivity contribution in [2.24, 2.45) is 5.41 Å². The standard InChI is InChI=1S/C15H18N2O2S/c16-11-1-2-12-10(7-11)8-13(20-12)14(19)17-9-15(3-4-15)5-6-18/h1-2,7-8,18H,3-6,9,16H2,(H,17,19). The Morgan fingerprint density at radius 1 is 1.40 bits per heavy atom. The van der Waals surface area contributed by atoms with Crippen LogP contribution >= 0.6 is 11.3 Å². The lowest BCUT2D eigenvalue weighted by Crippen LogP contribution is -2.30. The van der Waals surface area contributed by atoms with Crippen LogP contribution < -0.4 is 11.1 Å². The highest BCUT2D eigenvalue weighted by atomic mass is 32.1. The van der Waals surface area contributed by atoms with E-state index in [0.29, 0.717) is 17.1 Å². The van der Waals surface area contributed by atoms with Crippen LogP contribution in [0.2, 0.25) is 0 Å². The van der Waals surface area contributed by atoms with Gasteiger partial charge >= 0.3 is 0 Å². The Balaban J connectivity index is 1.69. The van der Waals surface area contributed by atoms with Crippen LogP contribution in [0.1, 0.15) is 28.9 Å². The number of thiophene rings is 1. The lowest BCUT2D eigenvalue weighted by molar-refractivity contribution is 0.0945. The molecule has 0 aliphatic heterocycles. The maximum atomic E-state index is 12.2. The van der Waals surface area contributed by atoms with Crippen LogP contribution in [0.15, 0.2) is 24.3 Å². The molecule has 20 heavy (non-hydrogen) atoms. The number of aliphatic hydroxyl groups excluding tert-OH is 1. The van der Waals surface area contributed by atoms with Crippen molar-refractivity contribution in [2.45, 2.75) is 19.3 Å². The first-order valence-corrected chi connectivity index (χ1v) is 7.62. The number of hydrogen-bond acceptors (Lipinski definition) is 4. The molecule has 0 saturated heterocycles. The predicted octanol–water partition coefficient (Wildman–Crippen LogP) is 2.38. The number of carbonyl (C=O) groups excluding carboxylic acids is 1. The van der Waals surface area contributed by atoms with E-state index >= 15 is 0 Å². The SMILES string of the molecule is Nc1ccc2sc(C(=O)NCC3(CCO)CC3)cc2c1. The Hall–Kier alpha value is -1.59. The third-order valence-electron chi connectivity index (χ3n) is 3.99. The van der Waals surface area contributed by atoms with Gasteiger partial charge < -0.3 is 16.2 Å². The number of nitrogens with two attached hydrogens (primary N) is 1. The van der Waals surface area contributed by atoms with Gasteiger partial charge in [0.05, 0.1) is 4.88 Å². The number of carbonyl (C=O) groups is 1. The lowest BCUT2D eigenvalue weighted by atomic mass is 10.0. The first kappa shape index (κ1) is 13.4. The largest absolute Gasteiger partial charge is 0.399 e. The van der Waals surface area contributed by atoms with Crippen molar-refractivity contribution in [3.8, 4) is 0 Å². The molecule has 1 aliphatic rings. The molecule has 4 N–H and O–H groups in total. The van der Waals surface area contributed by atoms with Crippen LogP contribution in [0, 0.1) is 5.41 Å². The number of anilines is 1. The van der Waals surface area contributed by atoms with Crippen LogP contribution in [0.5, 0.6) is 0 Å². The monoisotopic (exact) mass is 290 g/mol. The highest BCUT2D eigenvalue weighted by Gasteiger charge is 2.41. The average Bonchev–Trinajstić information content (AvgIpc) is 3.06. The molecule has 1 saturated carbocycles. The Labute approximate surface area is 121 Å². The smallest absolute Gasteiger partial charge is 0.261 e. The summed E-state index contributed by atoms with van der Waals surface area (Å²) >= 11 is 1.48. The first-order chi connectivity index (χ1) is 9.62. The number of aliphatic hydroxyl groups is 1. The van der Waals surface area contributed by atoms with Gasteiger partial charge in [-0.1, -0.05) is 0 Å². The summed E-state index contributed by atoms with van der Waals surface area (Å²) in [5.41, 5.74) is 6.60. The minimum Gasteiger partial charge on any atom is -0.399 e. The molecule has 1 aromatic heterocycles. The summed E-state index contributed by atoms with van der Waals surface area (Å²) in [5.74, 6) is -0.0333. The maximum Gasteiger partial charge on any atom is 0.261 e. The zero-order valence-corrected chi connectivity index (χ0v) is 12.0. The van der Waals surface area contributed by atoms with Crippen LogP contribution in [0.3, 0.4) is 0 Å². The minimum absolute atomic E-state index is 0.0333. The summed E-state index contributed by atoms with van der Waals surface area (Å²) < 4.78 is 1.07. The summed E-state index contributed by atoms with van der Waals surface area (Å²) in [5, 5.41) is 13.0. The van der Waals surface area contributed by atoms with Gasteiger partial charge in [-0.25, -0.2) is 0 Å². The Bertz CT molecular complexity index is 646. The van der Waals surface area contributed by atoms with Gasteiger partial charge in [-0.2, -0.15) is 0 Å². The molecule has 1 fully saturated rings. The number of amides is 1. The second-order valence-electron chi connectivity index (χ2n) is 5.56. The van der Waals surface area contributed by atoms with Crippen LogP contribution in [-0.4, -0.2) is 24.2 Å². The highest BCUT2D eigenvalue weighted by molar-refractivity contribution is 7.20. The van der Waals surface area contributed by atoms with E-state index in [9.17, 15) is 4.79 Å². The molecule has 5 heteroatoms. The Kier molecular flexibility index (Phi) is 3.40. The van der Waals surface area contributed by atoms with E-state index in [2.05, 4.69) is 5.32 Å². The highest BCUT2D eigenvalue weighted by Crippen LogP contribution is 2.47. The maximum absolute atomic E-state index is 12.2. The fourth-order valence-corrected chi connectivity index (χ4v) is 3.42. The van der Waals surface area contributed by atoms with Crippen molar-refractivity contribution >= 4 is 33.0 Å². The van der Waals surface area contributed by atoms with Gasteiger partial charge in [0.1, 0.15) is 0 Å². The Morgan fingerprint density at radius 2 is 2.20 bits per heavy atom. The molecule has 0 radical (unpaired) electrons. The molecular weight excluding hydrogens is 272 g/mol. The molecule has 2 aromatic rings. The summed E-state index contributed by atoms with van der Waals surface area (Å²) in [6, 6.07) is 7.56. The number of benzene rings is 1. The van der Waals surface area contributed by atoms with Crippen molar-refractivity contribution in [3.05, 3.63) is 29.1 Å². The lowest BCUT2D eigenvalue weighted by Gasteiger charge is -2.13. The summed E-state index contributed by atoms with van der Waals surface area (Å²) in [6.07, 6.45) is 2.96. The van der Waals surface area contributed by atoms with E-state index in [-0.39, 0.29) is 17.9 Å². The van der Waals surface area contributed by atoms with Crippen molar-refractivity contribution in [2.75, 3.05) is 18.9 Å². The molecule has 0 unspecified atom stereocenters. The fraction of sp³-hybridized carbons (Fsp3) is 0.400. The van der Waals surface area contributed by atoms with Crippen LogP contribution in [0.4, 0.5) is 5.69 Å². The molecule has 3 rings (SSSR count). The quantitative estimate of drug-likeness (QED) is 0.740. The molecule has 1 aliphatic carbocycles. The molecule has 106 valence electrons. The predicted molar refractivity (Wildman–Crippen MR) is 81.9 cm³/mol. The summed E-state index contributed by atoms with van der Waals surface area (Å²) in [6.45, 7) is 0.848. The van der Waals surface area contributed by atoms with Gasteiger partial charge in [-0.3, -0.25) is 4.79 Å². The molecule has 0 spiro atoms. The molecule has 0 atom stereocenters. The second-order valence-corrected chi connectivity index (χ2v) is 6.65. The Morgan fingerprint density at radius 3 is 2.90 bits per heavy atom. The van der Waals surface area contributed by atoms with E-state index in [4.69, 9.17) is 10.8 Å². The summed E-state index contributed by atoms with van der Waals surface area (Å²) in [4.78, 5) is 12.9. The van der Waals surface area contributed by atoms with Crippen molar-refractivity contribution < 1.29 is 9.90 Å². The van der Waals surface area contributed by atoms with Gasteiger partial charge in [-0.05, 0) is 54.3 Å². The topological polar surface area (TPSA) is 75.4 Å². The van der Waals surface area contributed by atoms with Gasteiger partial charge in [0, 0.05) is 23.5 Å². The van der Waals surface area contributed by atoms with E-state index < -0.39 is 0 Å². The zero-order valence-electron chi connectivity index (χ0n) is 11.2. The molecular formula is C15H18N2O2S. The fourth-order valence-electron chi connectivity index (χ4n) is 2.46. The van der Waals surface area contributed by atoms with E-state index in [1.165, 1.54) is 11.3 Å².